The Morgan fingerprint density at radius 1 is 1.30 bits per heavy atom. The van der Waals surface area contributed by atoms with Crippen molar-refractivity contribution in [3.63, 3.8) is 0 Å². The molecule has 0 N–H and O–H groups in total. The molecule has 0 atom stereocenters. The Labute approximate surface area is 170 Å². The molecule has 1 aromatic heterocycles. The second kappa shape index (κ2) is 7.72. The molecule has 2 aromatic rings. The van der Waals surface area contributed by atoms with E-state index in [-0.39, 0.29) is 23.3 Å². The van der Waals surface area contributed by atoms with Gasteiger partial charge in [0.25, 0.3) is 5.91 Å². The molecule has 140 valence electrons. The molecule has 27 heavy (non-hydrogen) atoms. The third-order valence-corrected chi connectivity index (χ3v) is 4.99. The molecule has 0 spiro atoms. The summed E-state index contributed by atoms with van der Waals surface area (Å²) >= 11 is 17.4. The lowest BCUT2D eigenvalue weighted by molar-refractivity contribution is -0.140. The second-order valence-corrected chi connectivity index (χ2v) is 6.87. The van der Waals surface area contributed by atoms with E-state index in [0.29, 0.717) is 27.1 Å². The quantitative estimate of drug-likeness (QED) is 0.422. The summed E-state index contributed by atoms with van der Waals surface area (Å²) in [5.41, 5.74) is 0.888. The van der Waals surface area contributed by atoms with Crippen LogP contribution in [0.25, 0.3) is 17.4 Å². The lowest BCUT2D eigenvalue weighted by atomic mass is 10.2. The lowest BCUT2D eigenvalue weighted by Gasteiger charge is -2.16. The summed E-state index contributed by atoms with van der Waals surface area (Å²) in [6.07, 6.45) is 1.52. The molecule has 1 saturated heterocycles. The number of benzene rings is 1. The normalized spacial score (nSPS) is 15.8. The maximum atomic E-state index is 12.5. The van der Waals surface area contributed by atoms with Crippen LogP contribution in [-0.2, 0) is 14.3 Å². The van der Waals surface area contributed by atoms with Gasteiger partial charge in [0.15, 0.2) is 5.11 Å². The van der Waals surface area contributed by atoms with Gasteiger partial charge < -0.3 is 14.1 Å². The van der Waals surface area contributed by atoms with Gasteiger partial charge >= 0.3 is 5.97 Å². The topological polar surface area (TPSA) is 63.0 Å². The van der Waals surface area contributed by atoms with E-state index in [1.165, 1.54) is 30.0 Å². The van der Waals surface area contributed by atoms with Gasteiger partial charge in [-0.1, -0.05) is 23.2 Å². The van der Waals surface area contributed by atoms with Crippen LogP contribution in [0.2, 0.25) is 10.0 Å². The fourth-order valence-corrected chi connectivity index (χ4v) is 3.29. The van der Waals surface area contributed by atoms with Crippen molar-refractivity contribution in [3.05, 3.63) is 51.8 Å². The average Bonchev–Trinajstić information content (AvgIpc) is 3.17. The van der Waals surface area contributed by atoms with Crippen molar-refractivity contribution in [2.45, 2.75) is 0 Å². The van der Waals surface area contributed by atoms with Crippen LogP contribution >= 0.6 is 35.4 Å². The smallest absolute Gasteiger partial charge is 0.325 e. The first kappa shape index (κ1) is 19.4. The van der Waals surface area contributed by atoms with Crippen LogP contribution in [0.3, 0.4) is 0 Å². The minimum atomic E-state index is -0.514. The predicted molar refractivity (Wildman–Crippen MR) is 106 cm³/mol. The lowest BCUT2D eigenvalue weighted by Crippen LogP contribution is -2.33. The summed E-state index contributed by atoms with van der Waals surface area (Å²) < 4.78 is 10.5. The van der Waals surface area contributed by atoms with E-state index in [1.54, 1.807) is 30.3 Å². The molecule has 2 heterocycles. The number of methoxy groups -OCH3 is 1. The maximum absolute atomic E-state index is 12.5. The van der Waals surface area contributed by atoms with Gasteiger partial charge in [0, 0.05) is 23.7 Å². The van der Waals surface area contributed by atoms with Crippen molar-refractivity contribution in [1.82, 2.24) is 9.80 Å². The molecule has 1 aliphatic rings. The van der Waals surface area contributed by atoms with Gasteiger partial charge in [-0.2, -0.15) is 0 Å². The standard InChI is InChI=1S/C18H14Cl2N2O4S/c1-21-17(24)14(22(18(21)27)9-16(23)25-2)8-11-4-6-15(26-11)12-5-3-10(19)7-13(12)20/h3-8H,9H2,1-2H3. The van der Waals surface area contributed by atoms with E-state index in [1.807, 2.05) is 0 Å². The van der Waals surface area contributed by atoms with Crippen molar-refractivity contribution >= 4 is 58.5 Å². The van der Waals surface area contributed by atoms with Gasteiger partial charge in [0.2, 0.25) is 0 Å². The second-order valence-electron chi connectivity index (χ2n) is 5.66. The average molecular weight is 425 g/mol. The Morgan fingerprint density at radius 3 is 2.70 bits per heavy atom. The monoisotopic (exact) mass is 424 g/mol. The zero-order valence-electron chi connectivity index (χ0n) is 14.4. The molecule has 3 rings (SSSR count). The first-order valence-corrected chi connectivity index (χ1v) is 8.91. The van der Waals surface area contributed by atoms with Crippen molar-refractivity contribution in [3.8, 4) is 11.3 Å². The molecule has 0 unspecified atom stereocenters. The third-order valence-electron chi connectivity index (χ3n) is 3.95. The van der Waals surface area contributed by atoms with E-state index in [9.17, 15) is 9.59 Å². The Kier molecular flexibility index (Phi) is 5.55. The van der Waals surface area contributed by atoms with E-state index in [0.717, 1.165) is 0 Å². The van der Waals surface area contributed by atoms with E-state index in [2.05, 4.69) is 4.74 Å². The molecule has 0 saturated carbocycles. The molecule has 9 heteroatoms. The van der Waals surface area contributed by atoms with Crippen LogP contribution in [0.15, 0.2) is 40.4 Å². The number of likely N-dealkylation sites (N-methyl/N-ethyl adjacent to an activating group) is 1. The van der Waals surface area contributed by atoms with E-state index >= 15 is 0 Å². The number of nitrogens with zero attached hydrogens (tertiary/aromatic N) is 2. The highest BCUT2D eigenvalue weighted by Gasteiger charge is 2.37. The summed E-state index contributed by atoms with van der Waals surface area (Å²) in [4.78, 5) is 26.8. The highest BCUT2D eigenvalue weighted by molar-refractivity contribution is 7.80. The summed E-state index contributed by atoms with van der Waals surface area (Å²) in [5.74, 6) is 0.0718. The number of rotatable bonds is 4. The van der Waals surface area contributed by atoms with Crippen molar-refractivity contribution in [2.24, 2.45) is 0 Å². The maximum Gasteiger partial charge on any atom is 0.325 e. The van der Waals surface area contributed by atoms with Crippen molar-refractivity contribution in [1.29, 1.82) is 0 Å². The number of furan rings is 1. The van der Waals surface area contributed by atoms with E-state index in [4.69, 9.17) is 39.8 Å². The molecule has 1 aromatic carbocycles. The van der Waals surface area contributed by atoms with Crippen LogP contribution in [0.5, 0.6) is 0 Å². The van der Waals surface area contributed by atoms with Gasteiger partial charge in [-0.25, -0.2) is 0 Å². The third kappa shape index (κ3) is 3.85. The Balaban J connectivity index is 1.95. The summed E-state index contributed by atoms with van der Waals surface area (Å²) in [6.45, 7) is -0.173. The minimum absolute atomic E-state index is 0.173. The fraction of sp³-hybridized carbons (Fsp3) is 0.167. The Morgan fingerprint density at radius 2 is 2.04 bits per heavy atom. The number of hydrogen-bond acceptors (Lipinski definition) is 5. The highest BCUT2D eigenvalue weighted by atomic mass is 35.5. The van der Waals surface area contributed by atoms with Crippen LogP contribution in [0.4, 0.5) is 0 Å². The number of carbonyl (C=O) groups is 2. The van der Waals surface area contributed by atoms with Crippen LogP contribution in [0.1, 0.15) is 5.76 Å². The first-order valence-electron chi connectivity index (χ1n) is 7.75. The van der Waals surface area contributed by atoms with Crippen LogP contribution in [0, 0.1) is 0 Å². The molecule has 1 amide bonds. The van der Waals surface area contributed by atoms with Gasteiger partial charge in [-0.05, 0) is 42.5 Å². The predicted octanol–water partition coefficient (Wildman–Crippen LogP) is 3.83. The molecule has 0 bridgehead atoms. The van der Waals surface area contributed by atoms with Gasteiger partial charge in [-0.3, -0.25) is 14.5 Å². The molecule has 1 fully saturated rings. The van der Waals surface area contributed by atoms with Gasteiger partial charge in [-0.15, -0.1) is 0 Å². The van der Waals surface area contributed by atoms with Gasteiger partial charge in [0.1, 0.15) is 23.8 Å². The molecular weight excluding hydrogens is 411 g/mol. The number of esters is 1. The highest BCUT2D eigenvalue weighted by Crippen LogP contribution is 2.32. The van der Waals surface area contributed by atoms with Gasteiger partial charge in [0.05, 0.1) is 12.1 Å². The first-order chi connectivity index (χ1) is 12.8. The fourth-order valence-electron chi connectivity index (χ4n) is 2.54. The molecule has 1 aliphatic heterocycles. The van der Waals surface area contributed by atoms with Crippen LogP contribution in [-0.4, -0.2) is 47.5 Å². The zero-order valence-corrected chi connectivity index (χ0v) is 16.7. The number of halogens is 2. The number of hydrogen-bond donors (Lipinski definition) is 0. The van der Waals surface area contributed by atoms with E-state index < -0.39 is 5.97 Å². The number of thiocarbonyl (C=S) groups is 1. The Hall–Kier alpha value is -2.35. The minimum Gasteiger partial charge on any atom is -0.468 e. The molecule has 6 nitrogen and oxygen atoms in total. The number of amides is 1. The van der Waals surface area contributed by atoms with Crippen molar-refractivity contribution < 1.29 is 18.7 Å². The largest absolute Gasteiger partial charge is 0.468 e. The summed E-state index contributed by atoms with van der Waals surface area (Å²) in [6, 6.07) is 8.49. The molecule has 0 aliphatic carbocycles. The number of ether oxygens (including phenoxy) is 1. The summed E-state index contributed by atoms with van der Waals surface area (Å²) in [7, 11) is 2.81. The Bertz CT molecular complexity index is 970. The molecule has 0 radical (unpaired) electrons. The zero-order chi connectivity index (χ0) is 19.7. The number of carbonyl (C=O) groups excluding carboxylic acids is 2. The summed E-state index contributed by atoms with van der Waals surface area (Å²) in [5, 5.41) is 1.18. The van der Waals surface area contributed by atoms with Crippen LogP contribution < -0.4 is 0 Å². The molecular formula is C18H14Cl2N2O4S. The van der Waals surface area contributed by atoms with Crippen molar-refractivity contribution in [2.75, 3.05) is 20.7 Å². The SMILES string of the molecule is COC(=O)CN1C(=S)N(C)C(=O)C1=Cc1ccc(-c2ccc(Cl)cc2Cl)o1.